The van der Waals surface area contributed by atoms with E-state index in [4.69, 9.17) is 4.74 Å². The van der Waals surface area contributed by atoms with Gasteiger partial charge in [0.25, 0.3) is 0 Å². The molecule has 1 aromatic carbocycles. The first-order valence-electron chi connectivity index (χ1n) is 7.58. The summed E-state index contributed by atoms with van der Waals surface area (Å²) in [6.45, 7) is 8.83. The SMILES string of the molecule is CCC(C)(C)c1ccc(Oc2ccn3ncnc3c2)c(C)c1. The fourth-order valence-electron chi connectivity index (χ4n) is 2.38. The van der Waals surface area contributed by atoms with E-state index in [0.29, 0.717) is 0 Å². The molecule has 0 saturated carbocycles. The van der Waals surface area contributed by atoms with Crippen LogP contribution in [0.15, 0.2) is 42.9 Å². The summed E-state index contributed by atoms with van der Waals surface area (Å²) in [6, 6.07) is 10.2. The highest BCUT2D eigenvalue weighted by atomic mass is 16.5. The smallest absolute Gasteiger partial charge is 0.158 e. The van der Waals surface area contributed by atoms with E-state index in [0.717, 1.165) is 29.1 Å². The molecule has 0 aliphatic rings. The highest BCUT2D eigenvalue weighted by Crippen LogP contribution is 2.32. The molecule has 0 aliphatic heterocycles. The van der Waals surface area contributed by atoms with Crippen molar-refractivity contribution in [1.82, 2.24) is 14.6 Å². The highest BCUT2D eigenvalue weighted by molar-refractivity contribution is 5.46. The van der Waals surface area contributed by atoms with Crippen LogP contribution < -0.4 is 4.74 Å². The Hall–Kier alpha value is -2.36. The molecule has 3 aromatic rings. The van der Waals surface area contributed by atoms with Crippen LogP contribution in [0.3, 0.4) is 0 Å². The van der Waals surface area contributed by atoms with Gasteiger partial charge in [-0.15, -0.1) is 0 Å². The van der Waals surface area contributed by atoms with Gasteiger partial charge in [-0.2, -0.15) is 5.10 Å². The quantitative estimate of drug-likeness (QED) is 0.710. The van der Waals surface area contributed by atoms with Crippen LogP contribution in [0.2, 0.25) is 0 Å². The van der Waals surface area contributed by atoms with Crippen molar-refractivity contribution in [2.45, 2.75) is 39.5 Å². The number of rotatable bonds is 4. The molecule has 0 fully saturated rings. The number of fused-ring (bicyclic) bond motifs is 1. The number of hydrogen-bond donors (Lipinski definition) is 0. The lowest BCUT2D eigenvalue weighted by atomic mass is 9.81. The van der Waals surface area contributed by atoms with Gasteiger partial charge in [0, 0.05) is 12.3 Å². The Morgan fingerprint density at radius 1 is 1.18 bits per heavy atom. The molecular formula is C18H21N3O. The maximum Gasteiger partial charge on any atom is 0.158 e. The minimum atomic E-state index is 0.184. The van der Waals surface area contributed by atoms with Crippen LogP contribution in [0.4, 0.5) is 0 Å². The molecule has 0 bridgehead atoms. The van der Waals surface area contributed by atoms with Gasteiger partial charge in [0.15, 0.2) is 5.65 Å². The third-order valence-corrected chi connectivity index (χ3v) is 4.32. The van der Waals surface area contributed by atoms with Gasteiger partial charge in [0.05, 0.1) is 0 Å². The molecule has 0 amide bonds. The summed E-state index contributed by atoms with van der Waals surface area (Å²) in [6.07, 6.45) is 4.49. The molecule has 22 heavy (non-hydrogen) atoms. The summed E-state index contributed by atoms with van der Waals surface area (Å²) < 4.78 is 7.72. The average molecular weight is 295 g/mol. The van der Waals surface area contributed by atoms with Gasteiger partial charge in [0.1, 0.15) is 17.8 Å². The second-order valence-corrected chi connectivity index (χ2v) is 6.25. The minimum Gasteiger partial charge on any atom is -0.457 e. The monoisotopic (exact) mass is 295 g/mol. The van der Waals surface area contributed by atoms with Crippen molar-refractivity contribution in [3.8, 4) is 11.5 Å². The van der Waals surface area contributed by atoms with Crippen LogP contribution in [-0.2, 0) is 5.41 Å². The summed E-state index contributed by atoms with van der Waals surface area (Å²) in [7, 11) is 0. The van der Waals surface area contributed by atoms with Crippen molar-refractivity contribution in [2.75, 3.05) is 0 Å². The molecular weight excluding hydrogens is 274 g/mol. The maximum absolute atomic E-state index is 6.01. The second-order valence-electron chi connectivity index (χ2n) is 6.25. The number of nitrogens with zero attached hydrogens (tertiary/aromatic N) is 3. The van der Waals surface area contributed by atoms with Crippen molar-refractivity contribution in [2.24, 2.45) is 0 Å². The molecule has 3 rings (SSSR count). The number of pyridine rings is 1. The van der Waals surface area contributed by atoms with Gasteiger partial charge in [0.2, 0.25) is 0 Å². The Kier molecular flexibility index (Phi) is 3.61. The lowest BCUT2D eigenvalue weighted by molar-refractivity contribution is 0.473. The Morgan fingerprint density at radius 2 is 2.00 bits per heavy atom. The van der Waals surface area contributed by atoms with E-state index in [-0.39, 0.29) is 5.41 Å². The lowest BCUT2D eigenvalue weighted by Gasteiger charge is -2.24. The molecule has 4 heteroatoms. The molecule has 0 unspecified atom stereocenters. The Balaban J connectivity index is 1.89. The van der Waals surface area contributed by atoms with E-state index in [9.17, 15) is 0 Å². The Labute approximate surface area is 130 Å². The first-order valence-corrected chi connectivity index (χ1v) is 7.58. The van der Waals surface area contributed by atoms with Gasteiger partial charge in [-0.3, -0.25) is 0 Å². The lowest BCUT2D eigenvalue weighted by Crippen LogP contribution is -2.15. The third-order valence-electron chi connectivity index (χ3n) is 4.32. The number of hydrogen-bond acceptors (Lipinski definition) is 3. The first kappa shape index (κ1) is 14.6. The molecule has 114 valence electrons. The summed E-state index contributed by atoms with van der Waals surface area (Å²) in [5.74, 6) is 1.64. The maximum atomic E-state index is 6.01. The summed E-state index contributed by atoms with van der Waals surface area (Å²) in [5, 5.41) is 4.08. The largest absolute Gasteiger partial charge is 0.457 e. The normalized spacial score (nSPS) is 11.8. The molecule has 0 N–H and O–H groups in total. The summed E-state index contributed by atoms with van der Waals surface area (Å²) >= 11 is 0. The molecule has 2 aromatic heterocycles. The van der Waals surface area contributed by atoms with Crippen LogP contribution >= 0.6 is 0 Å². The number of ether oxygens (including phenoxy) is 1. The predicted octanol–water partition coefficient (Wildman–Crippen LogP) is 4.52. The van der Waals surface area contributed by atoms with Crippen molar-refractivity contribution >= 4 is 5.65 Å². The Bertz CT molecular complexity index is 805. The van der Waals surface area contributed by atoms with Crippen LogP contribution in [0.1, 0.15) is 38.3 Å². The fourth-order valence-corrected chi connectivity index (χ4v) is 2.38. The first-order chi connectivity index (χ1) is 10.5. The van der Waals surface area contributed by atoms with Crippen LogP contribution in [0.5, 0.6) is 11.5 Å². The van der Waals surface area contributed by atoms with Crippen LogP contribution in [0, 0.1) is 6.92 Å². The van der Waals surface area contributed by atoms with Crippen molar-refractivity contribution in [3.05, 3.63) is 54.0 Å². The van der Waals surface area contributed by atoms with E-state index in [1.165, 1.54) is 11.9 Å². The second kappa shape index (κ2) is 5.44. The minimum absolute atomic E-state index is 0.184. The zero-order chi connectivity index (χ0) is 15.7. The zero-order valence-electron chi connectivity index (χ0n) is 13.5. The van der Waals surface area contributed by atoms with Gasteiger partial charge in [-0.05, 0) is 42.0 Å². The fraction of sp³-hybridized carbons (Fsp3) is 0.333. The number of aromatic nitrogens is 3. The van der Waals surface area contributed by atoms with Crippen LogP contribution in [0.25, 0.3) is 5.65 Å². The zero-order valence-corrected chi connectivity index (χ0v) is 13.5. The van der Waals surface area contributed by atoms with E-state index in [1.807, 2.05) is 18.3 Å². The van der Waals surface area contributed by atoms with E-state index >= 15 is 0 Å². The summed E-state index contributed by atoms with van der Waals surface area (Å²) in [4.78, 5) is 4.17. The van der Waals surface area contributed by atoms with Gasteiger partial charge in [-0.25, -0.2) is 9.50 Å². The molecule has 0 saturated heterocycles. The Morgan fingerprint density at radius 3 is 2.73 bits per heavy atom. The molecule has 0 radical (unpaired) electrons. The standard InChI is InChI=1S/C18H21N3O/c1-5-18(3,4)14-6-7-16(13(2)10-14)22-15-8-9-21-17(11-15)19-12-20-21/h6-12H,5H2,1-4H3. The van der Waals surface area contributed by atoms with Gasteiger partial charge < -0.3 is 4.74 Å². The number of benzene rings is 1. The van der Waals surface area contributed by atoms with Gasteiger partial charge in [-0.1, -0.05) is 32.9 Å². The van der Waals surface area contributed by atoms with E-state index in [1.54, 1.807) is 4.52 Å². The molecule has 2 heterocycles. The topological polar surface area (TPSA) is 39.4 Å². The summed E-state index contributed by atoms with van der Waals surface area (Å²) in [5.41, 5.74) is 3.44. The van der Waals surface area contributed by atoms with E-state index in [2.05, 4.69) is 56.0 Å². The van der Waals surface area contributed by atoms with Crippen molar-refractivity contribution in [1.29, 1.82) is 0 Å². The number of aryl methyl sites for hydroxylation is 1. The molecule has 4 nitrogen and oxygen atoms in total. The predicted molar refractivity (Wildman–Crippen MR) is 87.6 cm³/mol. The van der Waals surface area contributed by atoms with Crippen LogP contribution in [-0.4, -0.2) is 14.6 Å². The highest BCUT2D eigenvalue weighted by Gasteiger charge is 2.18. The van der Waals surface area contributed by atoms with E-state index < -0.39 is 0 Å². The third kappa shape index (κ3) is 2.69. The van der Waals surface area contributed by atoms with Crippen molar-refractivity contribution in [3.63, 3.8) is 0 Å². The van der Waals surface area contributed by atoms with Gasteiger partial charge >= 0.3 is 0 Å². The van der Waals surface area contributed by atoms with Crippen molar-refractivity contribution < 1.29 is 4.74 Å². The molecule has 0 aliphatic carbocycles. The average Bonchev–Trinajstić information content (AvgIpc) is 2.96. The molecule has 0 spiro atoms. The molecule has 0 atom stereocenters.